The molecule has 2 aromatic carbocycles. The molecule has 0 bridgehead atoms. The topological polar surface area (TPSA) is 71.7 Å². The first-order chi connectivity index (χ1) is 14.3. The molecule has 0 aliphatic heterocycles. The van der Waals surface area contributed by atoms with Crippen LogP contribution in [0.15, 0.2) is 52.4 Å². The molecule has 0 saturated carbocycles. The van der Waals surface area contributed by atoms with Gasteiger partial charge in [0.15, 0.2) is 4.80 Å². The summed E-state index contributed by atoms with van der Waals surface area (Å²) >= 11 is 12.6. The molecule has 30 heavy (non-hydrogen) atoms. The molecule has 0 unspecified atom stereocenters. The number of hydrogen-bond acceptors (Lipinski definition) is 4. The van der Waals surface area contributed by atoms with E-state index in [1.807, 2.05) is 0 Å². The summed E-state index contributed by atoms with van der Waals surface area (Å²) in [5.41, 5.74) is 0.992. The lowest BCUT2D eigenvalue weighted by atomic mass is 10.2. The third-order valence-corrected chi connectivity index (χ3v) is 7.72. The Morgan fingerprint density at radius 3 is 2.37 bits per heavy atom. The zero-order valence-corrected chi connectivity index (χ0v) is 19.0. The maximum atomic E-state index is 13.4. The van der Waals surface area contributed by atoms with Gasteiger partial charge in [-0.25, -0.2) is 12.8 Å². The molecule has 11 heteroatoms. The second-order valence-electron chi connectivity index (χ2n) is 6.28. The molecule has 0 atom stereocenters. The minimum Gasteiger partial charge on any atom is -0.319 e. The first-order valence-electron chi connectivity index (χ1n) is 8.84. The number of alkyl halides is 2. The van der Waals surface area contributed by atoms with Gasteiger partial charge in [0.25, 0.3) is 5.91 Å². The summed E-state index contributed by atoms with van der Waals surface area (Å²) in [5, 5.41) is 0. The number of sulfonamides is 1. The first kappa shape index (κ1) is 22.9. The number of halogens is 3. The van der Waals surface area contributed by atoms with Crippen molar-refractivity contribution in [1.29, 1.82) is 0 Å². The Morgan fingerprint density at radius 1 is 1.13 bits per heavy atom. The zero-order chi connectivity index (χ0) is 21.9. The maximum absolute atomic E-state index is 13.4. The van der Waals surface area contributed by atoms with E-state index in [-0.39, 0.29) is 41.1 Å². The minimum absolute atomic E-state index is 0.0391. The van der Waals surface area contributed by atoms with E-state index in [4.69, 9.17) is 23.2 Å². The van der Waals surface area contributed by atoms with Crippen LogP contribution in [-0.2, 0) is 17.1 Å². The van der Waals surface area contributed by atoms with E-state index < -0.39 is 15.9 Å². The van der Waals surface area contributed by atoms with Crippen LogP contribution in [0.3, 0.4) is 0 Å². The van der Waals surface area contributed by atoms with Gasteiger partial charge in [-0.3, -0.25) is 4.79 Å². The highest BCUT2D eigenvalue weighted by Crippen LogP contribution is 2.19. The van der Waals surface area contributed by atoms with Gasteiger partial charge >= 0.3 is 0 Å². The van der Waals surface area contributed by atoms with Gasteiger partial charge in [-0.1, -0.05) is 11.3 Å². The number of benzene rings is 2. The Labute approximate surface area is 187 Å². The fourth-order valence-electron chi connectivity index (χ4n) is 2.83. The molecule has 0 aliphatic carbocycles. The lowest BCUT2D eigenvalue weighted by molar-refractivity contribution is 0.0998. The molecule has 1 heterocycles. The second kappa shape index (κ2) is 9.57. The molecule has 0 saturated heterocycles. The smallest absolute Gasteiger partial charge is 0.279 e. The normalized spacial score (nSPS) is 12.8. The van der Waals surface area contributed by atoms with Crippen molar-refractivity contribution in [3.8, 4) is 0 Å². The summed E-state index contributed by atoms with van der Waals surface area (Å²) in [5.74, 6) is -0.611. The molecule has 0 fully saturated rings. The second-order valence-corrected chi connectivity index (χ2v) is 9.98. The van der Waals surface area contributed by atoms with Crippen LogP contribution >= 0.6 is 34.5 Å². The van der Waals surface area contributed by atoms with Gasteiger partial charge in [0.2, 0.25) is 10.0 Å². The summed E-state index contributed by atoms with van der Waals surface area (Å²) in [6.07, 6.45) is 0. The van der Waals surface area contributed by atoms with Gasteiger partial charge in [0.1, 0.15) is 5.82 Å². The van der Waals surface area contributed by atoms with E-state index in [2.05, 4.69) is 4.99 Å². The van der Waals surface area contributed by atoms with Crippen LogP contribution in [0.4, 0.5) is 4.39 Å². The van der Waals surface area contributed by atoms with Gasteiger partial charge < -0.3 is 4.57 Å². The summed E-state index contributed by atoms with van der Waals surface area (Å²) < 4.78 is 42.4. The Kier molecular flexibility index (Phi) is 7.30. The predicted octanol–water partition coefficient (Wildman–Crippen LogP) is 3.59. The molecule has 0 radical (unpaired) electrons. The Bertz CT molecular complexity index is 1230. The van der Waals surface area contributed by atoms with Crippen LogP contribution < -0.4 is 4.80 Å². The van der Waals surface area contributed by atoms with Crippen molar-refractivity contribution in [1.82, 2.24) is 8.87 Å². The number of nitrogens with zero attached hydrogens (tertiary/aromatic N) is 3. The van der Waals surface area contributed by atoms with Crippen LogP contribution in [0.2, 0.25) is 0 Å². The number of hydrogen-bond donors (Lipinski definition) is 0. The highest BCUT2D eigenvalue weighted by molar-refractivity contribution is 7.89. The molecule has 1 amide bonds. The number of carbonyl (C=O) groups is 1. The van der Waals surface area contributed by atoms with Crippen LogP contribution in [0.1, 0.15) is 10.4 Å². The summed E-state index contributed by atoms with van der Waals surface area (Å²) in [7, 11) is -2.03. The van der Waals surface area contributed by atoms with Gasteiger partial charge in [-0.05, 0) is 42.5 Å². The quantitative estimate of drug-likeness (QED) is 0.476. The van der Waals surface area contributed by atoms with E-state index in [1.165, 1.54) is 52.0 Å². The lowest BCUT2D eigenvalue weighted by Crippen LogP contribution is -2.34. The summed E-state index contributed by atoms with van der Waals surface area (Å²) in [6.45, 7) is 0.269. The van der Waals surface area contributed by atoms with Crippen molar-refractivity contribution in [2.75, 3.05) is 24.8 Å². The minimum atomic E-state index is -3.77. The van der Waals surface area contributed by atoms with E-state index in [9.17, 15) is 17.6 Å². The highest BCUT2D eigenvalue weighted by Gasteiger charge is 2.23. The highest BCUT2D eigenvalue weighted by atomic mass is 35.5. The average molecular weight is 490 g/mol. The molecule has 3 aromatic rings. The lowest BCUT2D eigenvalue weighted by Gasteiger charge is -2.20. The molecule has 160 valence electrons. The molecule has 3 rings (SSSR count). The molecule has 0 aliphatic rings. The predicted molar refractivity (Wildman–Crippen MR) is 117 cm³/mol. The number of aryl methyl sites for hydroxylation is 1. The monoisotopic (exact) mass is 489 g/mol. The number of rotatable bonds is 7. The average Bonchev–Trinajstić information content (AvgIpc) is 3.02. The summed E-state index contributed by atoms with van der Waals surface area (Å²) in [6, 6.07) is 9.88. The van der Waals surface area contributed by atoms with Crippen LogP contribution in [0.25, 0.3) is 10.2 Å². The Balaban J connectivity index is 1.90. The van der Waals surface area contributed by atoms with E-state index in [0.717, 1.165) is 5.52 Å². The van der Waals surface area contributed by atoms with Crippen molar-refractivity contribution in [2.45, 2.75) is 4.90 Å². The van der Waals surface area contributed by atoms with Crippen LogP contribution in [0.5, 0.6) is 0 Å². The van der Waals surface area contributed by atoms with Crippen molar-refractivity contribution in [2.24, 2.45) is 12.0 Å². The standard InChI is InChI=1S/C19H18Cl2FN3O3S2/c1-24-16-7-4-14(22)12-17(16)29-19(24)23-18(26)13-2-5-15(6-3-13)30(27,28)25(10-8-20)11-9-21/h2-7,12H,8-11H2,1H3. The van der Waals surface area contributed by atoms with Gasteiger partial charge in [-0.15, -0.1) is 23.2 Å². The third kappa shape index (κ3) is 4.76. The number of thiazole rings is 1. The largest absolute Gasteiger partial charge is 0.319 e. The molecule has 0 N–H and O–H groups in total. The fourth-order valence-corrected chi connectivity index (χ4v) is 5.92. The number of carbonyl (C=O) groups excluding carboxylic acids is 1. The molecule has 0 spiro atoms. The van der Waals surface area contributed by atoms with Crippen LogP contribution in [-0.4, -0.2) is 48.0 Å². The maximum Gasteiger partial charge on any atom is 0.279 e. The fraction of sp³-hybridized carbons (Fsp3) is 0.263. The van der Waals surface area contributed by atoms with Crippen molar-refractivity contribution >= 4 is 60.7 Å². The van der Waals surface area contributed by atoms with Crippen molar-refractivity contribution in [3.05, 3.63) is 58.6 Å². The van der Waals surface area contributed by atoms with Gasteiger partial charge in [0.05, 0.1) is 15.1 Å². The molecule has 6 nitrogen and oxygen atoms in total. The third-order valence-electron chi connectivity index (χ3n) is 4.38. The molecule has 1 aromatic heterocycles. The zero-order valence-electron chi connectivity index (χ0n) is 15.9. The van der Waals surface area contributed by atoms with Crippen LogP contribution in [0, 0.1) is 5.82 Å². The van der Waals surface area contributed by atoms with Crippen molar-refractivity contribution in [3.63, 3.8) is 0 Å². The first-order valence-corrected chi connectivity index (χ1v) is 12.2. The number of amides is 1. The SMILES string of the molecule is Cn1c(=NC(=O)c2ccc(S(=O)(=O)N(CCCl)CCCl)cc2)sc2cc(F)ccc21. The summed E-state index contributed by atoms with van der Waals surface area (Å²) in [4.78, 5) is 17.1. The Morgan fingerprint density at radius 2 is 1.77 bits per heavy atom. The van der Waals surface area contributed by atoms with Crippen molar-refractivity contribution < 1.29 is 17.6 Å². The van der Waals surface area contributed by atoms with Gasteiger partial charge in [0, 0.05) is 37.5 Å². The van der Waals surface area contributed by atoms with E-state index in [0.29, 0.717) is 9.50 Å². The number of aromatic nitrogens is 1. The Hall–Kier alpha value is -1.78. The molecular formula is C19H18Cl2FN3O3S2. The van der Waals surface area contributed by atoms with E-state index in [1.54, 1.807) is 17.7 Å². The number of fused-ring (bicyclic) bond motifs is 1. The van der Waals surface area contributed by atoms with E-state index >= 15 is 0 Å². The van der Waals surface area contributed by atoms with Gasteiger partial charge in [-0.2, -0.15) is 9.30 Å². The molecular weight excluding hydrogens is 472 g/mol.